The highest BCUT2D eigenvalue weighted by Crippen LogP contribution is 2.30. The Morgan fingerprint density at radius 1 is 0.739 bits per heavy atom. The van der Waals surface area contributed by atoms with E-state index >= 15 is 0 Å². The van der Waals surface area contributed by atoms with Crippen LogP contribution in [0.2, 0.25) is 0 Å². The van der Waals surface area contributed by atoms with E-state index in [1.807, 2.05) is 60.7 Å². The third kappa shape index (κ3) is 2.51. The molecule has 1 heterocycles. The molecule has 0 saturated carbocycles. The Kier molecular flexibility index (Phi) is 3.20. The second kappa shape index (κ2) is 5.50. The zero-order valence-corrected chi connectivity index (χ0v) is 12.3. The van der Waals surface area contributed by atoms with Crippen LogP contribution in [0.1, 0.15) is 0 Å². The van der Waals surface area contributed by atoms with Gasteiger partial charge in [0.1, 0.15) is 0 Å². The number of hydrogen-bond acceptors (Lipinski definition) is 1. The molecular weight excluding hydrogens is 286 g/mol. The third-order valence-corrected chi connectivity index (χ3v) is 3.82. The maximum Gasteiger partial charge on any atom is 0.323 e. The number of anilines is 2. The van der Waals surface area contributed by atoms with Crippen LogP contribution in [0, 0.1) is 0 Å². The molecule has 1 aromatic heterocycles. The minimum atomic E-state index is -0.262. The van der Waals surface area contributed by atoms with Gasteiger partial charge in [0.05, 0.1) is 11.2 Å². The summed E-state index contributed by atoms with van der Waals surface area (Å²) in [5.74, 6) is 0. The van der Waals surface area contributed by atoms with Crippen molar-refractivity contribution in [2.75, 3.05) is 10.6 Å². The highest BCUT2D eigenvalue weighted by Gasteiger charge is 2.09. The lowest BCUT2D eigenvalue weighted by Gasteiger charge is -2.08. The minimum absolute atomic E-state index is 0.262. The fraction of sp³-hybridized carbons (Fsp3) is 0. The maximum absolute atomic E-state index is 12.2. The smallest absolute Gasteiger partial charge is 0.323 e. The van der Waals surface area contributed by atoms with Crippen LogP contribution >= 0.6 is 0 Å². The molecule has 4 rings (SSSR count). The molecule has 0 fully saturated rings. The normalized spacial score (nSPS) is 10.8. The van der Waals surface area contributed by atoms with Crippen molar-refractivity contribution in [1.82, 2.24) is 4.98 Å². The number of para-hydroxylation sites is 3. The van der Waals surface area contributed by atoms with Gasteiger partial charge >= 0.3 is 6.03 Å². The van der Waals surface area contributed by atoms with Crippen LogP contribution in [0.25, 0.3) is 21.8 Å². The molecule has 0 spiro atoms. The molecule has 0 saturated heterocycles. The molecule has 23 heavy (non-hydrogen) atoms. The van der Waals surface area contributed by atoms with E-state index in [0.29, 0.717) is 0 Å². The van der Waals surface area contributed by atoms with Crippen molar-refractivity contribution in [2.24, 2.45) is 0 Å². The first-order valence-electron chi connectivity index (χ1n) is 7.44. The van der Waals surface area contributed by atoms with Gasteiger partial charge < -0.3 is 15.6 Å². The van der Waals surface area contributed by atoms with Gasteiger partial charge in [-0.3, -0.25) is 0 Å². The summed E-state index contributed by atoms with van der Waals surface area (Å²) in [7, 11) is 0. The van der Waals surface area contributed by atoms with Crippen molar-refractivity contribution < 1.29 is 4.79 Å². The lowest BCUT2D eigenvalue weighted by molar-refractivity contribution is 0.262. The van der Waals surface area contributed by atoms with Crippen molar-refractivity contribution >= 4 is 39.2 Å². The summed E-state index contributed by atoms with van der Waals surface area (Å²) in [6.07, 6.45) is 0. The van der Waals surface area contributed by atoms with Gasteiger partial charge in [-0.05, 0) is 24.3 Å². The standard InChI is InChI=1S/C19H15N3O/c23-19(20-13-7-2-1-3-8-13)22-17-12-6-10-15-14-9-4-5-11-16(14)21-18(15)17/h1-12,21H,(H2,20,22,23). The molecule has 0 radical (unpaired) electrons. The van der Waals surface area contributed by atoms with E-state index < -0.39 is 0 Å². The molecule has 112 valence electrons. The van der Waals surface area contributed by atoms with Crippen molar-refractivity contribution in [3.63, 3.8) is 0 Å². The fourth-order valence-corrected chi connectivity index (χ4v) is 2.78. The molecule has 0 aliphatic rings. The first-order chi connectivity index (χ1) is 11.3. The van der Waals surface area contributed by atoms with Gasteiger partial charge in [-0.15, -0.1) is 0 Å². The number of rotatable bonds is 2. The molecule has 2 amide bonds. The summed E-state index contributed by atoms with van der Waals surface area (Å²) in [6, 6.07) is 23.1. The van der Waals surface area contributed by atoms with Crippen LogP contribution in [0.3, 0.4) is 0 Å². The highest BCUT2D eigenvalue weighted by atomic mass is 16.2. The number of H-pyrrole nitrogens is 1. The summed E-state index contributed by atoms with van der Waals surface area (Å²) in [5, 5.41) is 7.98. The molecule has 0 unspecified atom stereocenters. The van der Waals surface area contributed by atoms with E-state index in [4.69, 9.17) is 0 Å². The van der Waals surface area contributed by atoms with E-state index in [1.54, 1.807) is 0 Å². The SMILES string of the molecule is O=C(Nc1ccccc1)Nc1cccc2c1[nH]c1ccccc12. The monoisotopic (exact) mass is 301 g/mol. The zero-order chi connectivity index (χ0) is 15.6. The molecule has 4 aromatic rings. The van der Waals surface area contributed by atoms with Crippen LogP contribution in [0.15, 0.2) is 72.8 Å². The first-order valence-corrected chi connectivity index (χ1v) is 7.44. The maximum atomic E-state index is 12.2. The number of carbonyl (C=O) groups excluding carboxylic acids is 1. The van der Waals surface area contributed by atoms with Crippen molar-refractivity contribution in [1.29, 1.82) is 0 Å². The number of aromatic nitrogens is 1. The van der Waals surface area contributed by atoms with E-state index in [1.165, 1.54) is 0 Å². The molecule has 0 atom stereocenters. The molecule has 0 aliphatic heterocycles. The Labute approximate surface area is 133 Å². The molecule has 0 bridgehead atoms. The van der Waals surface area contributed by atoms with Crippen molar-refractivity contribution in [3.05, 3.63) is 72.8 Å². The molecule has 4 nitrogen and oxygen atoms in total. The first kappa shape index (κ1) is 13.4. The number of hydrogen-bond donors (Lipinski definition) is 3. The zero-order valence-electron chi connectivity index (χ0n) is 12.3. The van der Waals surface area contributed by atoms with Gasteiger partial charge in [0, 0.05) is 22.0 Å². The third-order valence-electron chi connectivity index (χ3n) is 3.82. The Balaban J connectivity index is 1.67. The average molecular weight is 301 g/mol. The number of nitrogens with one attached hydrogen (secondary N) is 3. The Morgan fingerprint density at radius 3 is 2.35 bits per heavy atom. The average Bonchev–Trinajstić information content (AvgIpc) is 2.96. The predicted octanol–water partition coefficient (Wildman–Crippen LogP) is 4.97. The Morgan fingerprint density at radius 2 is 1.48 bits per heavy atom. The van der Waals surface area contributed by atoms with E-state index in [2.05, 4.69) is 27.8 Å². The van der Waals surface area contributed by atoms with E-state index in [0.717, 1.165) is 33.2 Å². The van der Waals surface area contributed by atoms with Crippen LogP contribution in [-0.2, 0) is 0 Å². The van der Waals surface area contributed by atoms with Crippen LogP contribution in [0.4, 0.5) is 16.2 Å². The summed E-state index contributed by atoms with van der Waals surface area (Å²) in [5.41, 5.74) is 3.50. The molecule has 3 aromatic carbocycles. The summed E-state index contributed by atoms with van der Waals surface area (Å²) >= 11 is 0. The second-order valence-electron chi connectivity index (χ2n) is 5.34. The Hall–Kier alpha value is -3.27. The summed E-state index contributed by atoms with van der Waals surface area (Å²) < 4.78 is 0. The van der Waals surface area contributed by atoms with Gasteiger partial charge in [0.25, 0.3) is 0 Å². The molecule has 4 heteroatoms. The minimum Gasteiger partial charge on any atom is -0.353 e. The van der Waals surface area contributed by atoms with Gasteiger partial charge in [-0.1, -0.05) is 48.5 Å². The van der Waals surface area contributed by atoms with E-state index in [9.17, 15) is 4.79 Å². The van der Waals surface area contributed by atoms with Gasteiger partial charge in [-0.2, -0.15) is 0 Å². The van der Waals surface area contributed by atoms with E-state index in [-0.39, 0.29) is 6.03 Å². The van der Waals surface area contributed by atoms with Gasteiger partial charge in [0.15, 0.2) is 0 Å². The number of benzene rings is 3. The number of fused-ring (bicyclic) bond motifs is 3. The number of carbonyl (C=O) groups is 1. The number of urea groups is 1. The summed E-state index contributed by atoms with van der Waals surface area (Å²) in [6.45, 7) is 0. The van der Waals surface area contributed by atoms with Crippen LogP contribution < -0.4 is 10.6 Å². The quantitative estimate of drug-likeness (QED) is 0.481. The van der Waals surface area contributed by atoms with Crippen molar-refractivity contribution in [3.8, 4) is 0 Å². The van der Waals surface area contributed by atoms with Gasteiger partial charge in [0.2, 0.25) is 0 Å². The number of aromatic amines is 1. The fourth-order valence-electron chi connectivity index (χ4n) is 2.78. The second-order valence-corrected chi connectivity index (χ2v) is 5.34. The highest BCUT2D eigenvalue weighted by molar-refractivity contribution is 6.13. The topological polar surface area (TPSA) is 56.9 Å². The summed E-state index contributed by atoms with van der Waals surface area (Å²) in [4.78, 5) is 15.6. The largest absolute Gasteiger partial charge is 0.353 e. The Bertz CT molecular complexity index is 989. The predicted molar refractivity (Wildman–Crippen MR) is 94.9 cm³/mol. The van der Waals surface area contributed by atoms with Crippen LogP contribution in [0.5, 0.6) is 0 Å². The number of amides is 2. The van der Waals surface area contributed by atoms with Gasteiger partial charge in [-0.25, -0.2) is 4.79 Å². The lowest BCUT2D eigenvalue weighted by atomic mass is 10.1. The van der Waals surface area contributed by atoms with Crippen molar-refractivity contribution in [2.45, 2.75) is 0 Å². The molecule has 3 N–H and O–H groups in total. The molecule has 0 aliphatic carbocycles. The van der Waals surface area contributed by atoms with Crippen LogP contribution in [-0.4, -0.2) is 11.0 Å². The lowest BCUT2D eigenvalue weighted by Crippen LogP contribution is -2.19. The molecular formula is C19H15N3O.